The zero-order valence-corrected chi connectivity index (χ0v) is 23.0. The van der Waals surface area contributed by atoms with Crippen LogP contribution < -0.4 is 0 Å². The van der Waals surface area contributed by atoms with Gasteiger partial charge >= 0.3 is 0 Å². The Balaban J connectivity index is 1.23. The van der Waals surface area contributed by atoms with Crippen molar-refractivity contribution in [2.75, 3.05) is 26.2 Å². The van der Waals surface area contributed by atoms with Crippen LogP contribution in [-0.4, -0.2) is 55.3 Å². The number of fused-ring (bicyclic) bond motifs is 1. The van der Waals surface area contributed by atoms with Gasteiger partial charge in [0.15, 0.2) is 9.84 Å². The van der Waals surface area contributed by atoms with Crippen LogP contribution in [0.2, 0.25) is 10.0 Å². The quantitative estimate of drug-likeness (QED) is 0.291. The maximum Gasteiger partial charge on any atom is 0.253 e. The molecule has 3 aromatic carbocycles. The molecule has 38 heavy (non-hydrogen) atoms. The van der Waals surface area contributed by atoms with E-state index in [-0.39, 0.29) is 16.6 Å². The molecular weight excluding hydrogens is 541 g/mol. The van der Waals surface area contributed by atoms with Crippen molar-refractivity contribution < 1.29 is 13.2 Å². The van der Waals surface area contributed by atoms with Crippen molar-refractivity contribution in [2.45, 2.75) is 23.6 Å². The molecule has 2 heterocycles. The highest BCUT2D eigenvalue weighted by Gasteiger charge is 2.22. The van der Waals surface area contributed by atoms with Crippen LogP contribution in [-0.2, 0) is 22.1 Å². The second-order valence-corrected chi connectivity index (χ2v) is 12.2. The van der Waals surface area contributed by atoms with Gasteiger partial charge in [0.25, 0.3) is 5.91 Å². The van der Waals surface area contributed by atoms with Gasteiger partial charge in [-0.25, -0.2) is 8.42 Å². The second-order valence-electron chi connectivity index (χ2n) is 9.44. The number of rotatable bonds is 6. The number of carbonyl (C=O) groups excluding carboxylic acids is 1. The number of nitrogens with zero attached hydrogens (tertiary/aromatic N) is 3. The lowest BCUT2D eigenvalue weighted by atomic mass is 10.1. The molecule has 1 aromatic heterocycles. The average molecular weight is 569 g/mol. The fourth-order valence-electron chi connectivity index (χ4n) is 4.77. The Morgan fingerprint density at radius 3 is 2.47 bits per heavy atom. The van der Waals surface area contributed by atoms with E-state index in [1.807, 2.05) is 29.2 Å². The zero-order chi connectivity index (χ0) is 26.7. The van der Waals surface area contributed by atoms with Crippen LogP contribution in [0.3, 0.4) is 0 Å². The van der Waals surface area contributed by atoms with E-state index < -0.39 is 9.84 Å². The summed E-state index contributed by atoms with van der Waals surface area (Å²) in [4.78, 5) is 21.9. The molecule has 1 aliphatic rings. The van der Waals surface area contributed by atoms with Crippen molar-refractivity contribution in [3.63, 3.8) is 0 Å². The first kappa shape index (κ1) is 26.6. The molecule has 6 nitrogen and oxygen atoms in total. The molecule has 0 N–H and O–H groups in total. The predicted octanol–water partition coefficient (Wildman–Crippen LogP) is 5.86. The summed E-state index contributed by atoms with van der Waals surface area (Å²) in [6.45, 7) is 3.57. The third kappa shape index (κ3) is 6.02. The lowest BCUT2D eigenvalue weighted by Crippen LogP contribution is -2.35. The molecule has 9 heteroatoms. The topological polar surface area (TPSA) is 70.6 Å². The summed E-state index contributed by atoms with van der Waals surface area (Å²) < 4.78 is 26.4. The number of halogens is 2. The largest absolute Gasteiger partial charge is 0.337 e. The molecule has 0 atom stereocenters. The maximum atomic E-state index is 13.2. The van der Waals surface area contributed by atoms with Gasteiger partial charge in [-0.2, -0.15) is 0 Å². The van der Waals surface area contributed by atoms with Gasteiger partial charge in [0, 0.05) is 59.9 Å². The summed E-state index contributed by atoms with van der Waals surface area (Å²) in [5.41, 5.74) is 2.65. The number of amides is 1. The minimum absolute atomic E-state index is 0.0518. The Kier molecular flexibility index (Phi) is 8.00. The number of benzene rings is 3. The second kappa shape index (κ2) is 11.4. The van der Waals surface area contributed by atoms with E-state index in [0.29, 0.717) is 46.3 Å². The van der Waals surface area contributed by atoms with E-state index in [1.165, 1.54) is 0 Å². The zero-order valence-electron chi connectivity index (χ0n) is 20.7. The fraction of sp³-hybridized carbons (Fsp3) is 0.241. The van der Waals surface area contributed by atoms with Crippen LogP contribution in [0, 0.1) is 0 Å². The summed E-state index contributed by atoms with van der Waals surface area (Å²) in [5.74, 6) is -0.215. The SMILES string of the molecule is O=C(c1ccc(CS(=O)(=O)c2cccc3cccnc23)cc1)N1CCCN(Cc2ccc(Cl)cc2Cl)CC1. The van der Waals surface area contributed by atoms with Crippen LogP contribution in [0.5, 0.6) is 0 Å². The summed E-state index contributed by atoms with van der Waals surface area (Å²) in [7, 11) is -3.62. The molecule has 0 saturated carbocycles. The Morgan fingerprint density at radius 1 is 0.895 bits per heavy atom. The predicted molar refractivity (Wildman–Crippen MR) is 151 cm³/mol. The average Bonchev–Trinajstić information content (AvgIpc) is 3.15. The lowest BCUT2D eigenvalue weighted by Gasteiger charge is -2.22. The number of sulfone groups is 1. The first-order valence-electron chi connectivity index (χ1n) is 12.4. The van der Waals surface area contributed by atoms with Crippen molar-refractivity contribution in [1.82, 2.24) is 14.8 Å². The number of carbonyl (C=O) groups is 1. The first-order valence-corrected chi connectivity index (χ1v) is 14.8. The first-order chi connectivity index (χ1) is 18.3. The van der Waals surface area contributed by atoms with Crippen molar-refractivity contribution in [1.29, 1.82) is 0 Å². The Labute approximate surface area is 232 Å². The van der Waals surface area contributed by atoms with Crippen LogP contribution in [0.4, 0.5) is 0 Å². The van der Waals surface area contributed by atoms with Crippen molar-refractivity contribution in [3.05, 3.63) is 106 Å². The monoisotopic (exact) mass is 567 g/mol. The molecule has 4 aromatic rings. The van der Waals surface area contributed by atoms with E-state index in [1.54, 1.807) is 54.7 Å². The van der Waals surface area contributed by atoms with Crippen molar-refractivity contribution >= 4 is 49.8 Å². The van der Waals surface area contributed by atoms with Crippen LogP contribution in [0.1, 0.15) is 27.9 Å². The fourth-order valence-corrected chi connectivity index (χ4v) is 6.78. The number of aromatic nitrogens is 1. The van der Waals surface area contributed by atoms with Gasteiger partial charge < -0.3 is 4.90 Å². The molecule has 196 valence electrons. The number of hydrogen-bond donors (Lipinski definition) is 0. The highest BCUT2D eigenvalue weighted by molar-refractivity contribution is 7.90. The molecule has 1 fully saturated rings. The Bertz CT molecular complexity index is 1570. The minimum Gasteiger partial charge on any atom is -0.337 e. The van der Waals surface area contributed by atoms with E-state index >= 15 is 0 Å². The van der Waals surface area contributed by atoms with E-state index in [4.69, 9.17) is 23.2 Å². The molecule has 0 radical (unpaired) electrons. The number of pyridine rings is 1. The van der Waals surface area contributed by atoms with Gasteiger partial charge in [0.1, 0.15) is 0 Å². The highest BCUT2D eigenvalue weighted by atomic mass is 35.5. The Morgan fingerprint density at radius 2 is 1.68 bits per heavy atom. The van der Waals surface area contributed by atoms with Gasteiger partial charge in [0.05, 0.1) is 16.2 Å². The molecule has 5 rings (SSSR count). The molecule has 0 aliphatic carbocycles. The van der Waals surface area contributed by atoms with E-state index in [9.17, 15) is 13.2 Å². The normalized spacial score (nSPS) is 14.9. The molecule has 1 aliphatic heterocycles. The van der Waals surface area contributed by atoms with Gasteiger partial charge in [0.2, 0.25) is 0 Å². The third-order valence-corrected chi connectivity index (χ3v) is 9.07. The molecule has 0 unspecified atom stereocenters. The standard InChI is InChI=1S/C29H27Cl2N3O3S/c30-25-12-11-24(26(31)18-25)19-33-14-3-15-34(17-16-33)29(35)23-9-7-21(8-10-23)20-38(36,37)27-6-1-4-22-5-2-13-32-28(22)27/h1-2,4-13,18H,3,14-17,19-20H2. The van der Waals surface area contributed by atoms with Crippen LogP contribution >= 0.6 is 23.2 Å². The molecule has 0 spiro atoms. The molecule has 1 amide bonds. The van der Waals surface area contributed by atoms with Gasteiger partial charge in [-0.3, -0.25) is 14.7 Å². The highest BCUT2D eigenvalue weighted by Crippen LogP contribution is 2.25. The summed E-state index contributed by atoms with van der Waals surface area (Å²) in [5, 5.41) is 2.04. The van der Waals surface area contributed by atoms with E-state index in [2.05, 4.69) is 9.88 Å². The van der Waals surface area contributed by atoms with Crippen LogP contribution in [0.25, 0.3) is 10.9 Å². The van der Waals surface area contributed by atoms with Crippen LogP contribution in [0.15, 0.2) is 83.9 Å². The Hall–Kier alpha value is -2.97. The molecule has 0 bridgehead atoms. The summed E-state index contributed by atoms with van der Waals surface area (Å²) in [6, 6.07) is 21.2. The summed E-state index contributed by atoms with van der Waals surface area (Å²) >= 11 is 12.4. The number of hydrogen-bond acceptors (Lipinski definition) is 5. The smallest absolute Gasteiger partial charge is 0.253 e. The van der Waals surface area contributed by atoms with Gasteiger partial charge in [-0.1, -0.05) is 59.6 Å². The molecule has 1 saturated heterocycles. The third-order valence-electron chi connectivity index (χ3n) is 6.77. The maximum absolute atomic E-state index is 13.2. The molecular formula is C29H27Cl2N3O3S. The van der Waals surface area contributed by atoms with Gasteiger partial charge in [-0.15, -0.1) is 0 Å². The van der Waals surface area contributed by atoms with Crippen molar-refractivity contribution in [2.24, 2.45) is 0 Å². The van der Waals surface area contributed by atoms with Crippen molar-refractivity contribution in [3.8, 4) is 0 Å². The van der Waals surface area contributed by atoms with E-state index in [0.717, 1.165) is 30.5 Å². The lowest BCUT2D eigenvalue weighted by molar-refractivity contribution is 0.0761. The number of para-hydroxylation sites is 1. The minimum atomic E-state index is -3.62. The van der Waals surface area contributed by atoms with Gasteiger partial charge in [-0.05, 0) is 53.9 Å². The summed E-state index contributed by atoms with van der Waals surface area (Å²) in [6.07, 6.45) is 2.45.